The molecule has 1 saturated carbocycles. The molecule has 0 spiro atoms. The molecule has 7 nitrogen and oxygen atoms in total. The van der Waals surface area contributed by atoms with Crippen molar-refractivity contribution >= 4 is 11.8 Å². The summed E-state index contributed by atoms with van der Waals surface area (Å²) >= 11 is 0. The Labute approximate surface area is 161 Å². The van der Waals surface area contributed by atoms with Gasteiger partial charge in [-0.2, -0.15) is 0 Å². The topological polar surface area (TPSA) is 71.3 Å². The SMILES string of the molecule is CC(=O)N1CCC(c2nnc3n2CCN(C(=O)C2CCCCC2)CC3)CC1. The van der Waals surface area contributed by atoms with Gasteiger partial charge in [0.15, 0.2) is 0 Å². The molecule has 0 unspecified atom stereocenters. The van der Waals surface area contributed by atoms with Gasteiger partial charge < -0.3 is 14.4 Å². The van der Waals surface area contributed by atoms with Crippen LogP contribution in [0.1, 0.15) is 69.4 Å². The van der Waals surface area contributed by atoms with Crippen molar-refractivity contribution in [2.24, 2.45) is 5.92 Å². The molecule has 3 heterocycles. The molecule has 1 saturated heterocycles. The van der Waals surface area contributed by atoms with Crippen molar-refractivity contribution < 1.29 is 9.59 Å². The molecule has 0 aromatic carbocycles. The van der Waals surface area contributed by atoms with E-state index in [0.717, 1.165) is 76.5 Å². The zero-order valence-corrected chi connectivity index (χ0v) is 16.4. The van der Waals surface area contributed by atoms with Gasteiger partial charge in [0, 0.05) is 57.9 Å². The zero-order chi connectivity index (χ0) is 18.8. The highest BCUT2D eigenvalue weighted by Crippen LogP contribution is 2.29. The summed E-state index contributed by atoms with van der Waals surface area (Å²) in [5.74, 6) is 3.17. The minimum Gasteiger partial charge on any atom is -0.343 e. The molecule has 2 amide bonds. The van der Waals surface area contributed by atoms with Gasteiger partial charge in [-0.15, -0.1) is 10.2 Å². The minimum atomic E-state index is 0.158. The molecule has 148 valence electrons. The molecule has 0 atom stereocenters. The summed E-state index contributed by atoms with van der Waals surface area (Å²) in [6.45, 7) is 5.56. The Hall–Kier alpha value is -1.92. The summed E-state index contributed by atoms with van der Waals surface area (Å²) in [6, 6.07) is 0. The lowest BCUT2D eigenvalue weighted by Gasteiger charge is -2.31. The maximum absolute atomic E-state index is 12.9. The maximum atomic E-state index is 12.9. The van der Waals surface area contributed by atoms with Crippen LogP contribution in [0.4, 0.5) is 0 Å². The number of aromatic nitrogens is 3. The van der Waals surface area contributed by atoms with Crippen molar-refractivity contribution in [3.8, 4) is 0 Å². The monoisotopic (exact) mass is 373 g/mol. The van der Waals surface area contributed by atoms with Crippen LogP contribution in [0.2, 0.25) is 0 Å². The van der Waals surface area contributed by atoms with Gasteiger partial charge in [0.05, 0.1) is 0 Å². The normalized spacial score (nSPS) is 22.4. The Morgan fingerprint density at radius 1 is 0.852 bits per heavy atom. The molecule has 1 aromatic rings. The Balaban J connectivity index is 1.40. The van der Waals surface area contributed by atoms with Gasteiger partial charge in [-0.05, 0) is 25.7 Å². The summed E-state index contributed by atoms with van der Waals surface area (Å²) in [5, 5.41) is 8.95. The van der Waals surface area contributed by atoms with Gasteiger partial charge in [0.1, 0.15) is 11.6 Å². The number of nitrogens with zero attached hydrogens (tertiary/aromatic N) is 5. The van der Waals surface area contributed by atoms with Crippen LogP contribution in [0.15, 0.2) is 0 Å². The van der Waals surface area contributed by atoms with Crippen LogP contribution in [0.25, 0.3) is 0 Å². The average molecular weight is 374 g/mol. The standard InChI is InChI=1S/C20H31N5O2/c1-15(26)23-10-7-16(8-11-23)19-22-21-18-9-12-24(13-14-25(18)19)20(27)17-5-3-2-4-6-17/h16-17H,2-14H2,1H3. The predicted molar refractivity (Wildman–Crippen MR) is 101 cm³/mol. The van der Waals surface area contributed by atoms with E-state index in [1.165, 1.54) is 19.3 Å². The van der Waals surface area contributed by atoms with Crippen molar-refractivity contribution in [1.82, 2.24) is 24.6 Å². The first-order chi connectivity index (χ1) is 13.1. The number of rotatable bonds is 2. The molecule has 0 N–H and O–H groups in total. The molecule has 4 rings (SSSR count). The third-order valence-electron chi connectivity index (χ3n) is 6.63. The summed E-state index contributed by atoms with van der Waals surface area (Å²) in [7, 11) is 0. The highest BCUT2D eigenvalue weighted by atomic mass is 16.2. The lowest BCUT2D eigenvalue weighted by atomic mass is 9.88. The van der Waals surface area contributed by atoms with E-state index >= 15 is 0 Å². The van der Waals surface area contributed by atoms with E-state index in [-0.39, 0.29) is 11.8 Å². The van der Waals surface area contributed by atoms with Crippen molar-refractivity contribution in [3.05, 3.63) is 11.6 Å². The Kier molecular flexibility index (Phi) is 5.45. The van der Waals surface area contributed by atoms with Gasteiger partial charge in [0.25, 0.3) is 0 Å². The fourth-order valence-electron chi connectivity index (χ4n) is 4.93. The Bertz CT molecular complexity index is 687. The minimum absolute atomic E-state index is 0.158. The van der Waals surface area contributed by atoms with Crippen LogP contribution in [0.3, 0.4) is 0 Å². The van der Waals surface area contributed by atoms with Crippen LogP contribution in [-0.2, 0) is 22.6 Å². The second-order valence-electron chi connectivity index (χ2n) is 8.32. The molecule has 1 aromatic heterocycles. The van der Waals surface area contributed by atoms with Gasteiger partial charge in [-0.3, -0.25) is 9.59 Å². The molecule has 2 fully saturated rings. The van der Waals surface area contributed by atoms with E-state index in [1.807, 2.05) is 4.90 Å². The Morgan fingerprint density at radius 2 is 1.59 bits per heavy atom. The van der Waals surface area contributed by atoms with Crippen molar-refractivity contribution in [2.45, 2.75) is 70.8 Å². The first kappa shape index (κ1) is 18.4. The molecule has 27 heavy (non-hydrogen) atoms. The first-order valence-electron chi connectivity index (χ1n) is 10.6. The fraction of sp³-hybridized carbons (Fsp3) is 0.800. The lowest BCUT2D eigenvalue weighted by Crippen LogP contribution is -2.39. The van der Waals surface area contributed by atoms with E-state index in [1.54, 1.807) is 6.92 Å². The molecule has 0 bridgehead atoms. The van der Waals surface area contributed by atoms with E-state index < -0.39 is 0 Å². The van der Waals surface area contributed by atoms with Gasteiger partial charge in [-0.1, -0.05) is 19.3 Å². The van der Waals surface area contributed by atoms with Gasteiger partial charge in [-0.25, -0.2) is 0 Å². The molecular formula is C20H31N5O2. The third kappa shape index (κ3) is 3.87. The van der Waals surface area contributed by atoms with E-state index in [0.29, 0.717) is 11.8 Å². The number of hydrogen-bond donors (Lipinski definition) is 0. The van der Waals surface area contributed by atoms with Crippen LogP contribution >= 0.6 is 0 Å². The lowest BCUT2D eigenvalue weighted by molar-refractivity contribution is -0.136. The van der Waals surface area contributed by atoms with Crippen molar-refractivity contribution in [3.63, 3.8) is 0 Å². The quantitative estimate of drug-likeness (QED) is 0.795. The number of likely N-dealkylation sites (tertiary alicyclic amines) is 1. The van der Waals surface area contributed by atoms with Crippen LogP contribution < -0.4 is 0 Å². The Morgan fingerprint density at radius 3 is 2.30 bits per heavy atom. The zero-order valence-electron chi connectivity index (χ0n) is 16.4. The number of carbonyl (C=O) groups is 2. The number of carbonyl (C=O) groups excluding carboxylic acids is 2. The third-order valence-corrected chi connectivity index (χ3v) is 6.63. The summed E-state index contributed by atoms with van der Waals surface area (Å²) < 4.78 is 2.25. The van der Waals surface area contributed by atoms with Crippen LogP contribution in [0.5, 0.6) is 0 Å². The summed E-state index contributed by atoms with van der Waals surface area (Å²) in [4.78, 5) is 28.4. The highest BCUT2D eigenvalue weighted by Gasteiger charge is 2.31. The van der Waals surface area contributed by atoms with E-state index in [9.17, 15) is 9.59 Å². The number of hydrogen-bond acceptors (Lipinski definition) is 4. The molecule has 3 aliphatic rings. The maximum Gasteiger partial charge on any atom is 0.225 e. The average Bonchev–Trinajstić information content (AvgIpc) is 2.99. The smallest absolute Gasteiger partial charge is 0.225 e. The van der Waals surface area contributed by atoms with E-state index in [2.05, 4.69) is 19.7 Å². The molecular weight excluding hydrogens is 342 g/mol. The first-order valence-corrected chi connectivity index (χ1v) is 10.6. The van der Waals surface area contributed by atoms with Crippen molar-refractivity contribution in [1.29, 1.82) is 0 Å². The highest BCUT2D eigenvalue weighted by molar-refractivity contribution is 5.79. The number of piperidine rings is 1. The summed E-state index contributed by atoms with van der Waals surface area (Å²) in [6.07, 6.45) is 8.46. The summed E-state index contributed by atoms with van der Waals surface area (Å²) in [5.41, 5.74) is 0. The van der Waals surface area contributed by atoms with Crippen LogP contribution in [0, 0.1) is 5.92 Å². The molecule has 7 heteroatoms. The van der Waals surface area contributed by atoms with Crippen LogP contribution in [-0.4, -0.2) is 62.6 Å². The van der Waals surface area contributed by atoms with Gasteiger partial charge >= 0.3 is 0 Å². The molecule has 0 radical (unpaired) electrons. The number of amides is 2. The second kappa shape index (κ2) is 7.98. The van der Waals surface area contributed by atoms with Gasteiger partial charge in [0.2, 0.25) is 11.8 Å². The largest absolute Gasteiger partial charge is 0.343 e. The van der Waals surface area contributed by atoms with E-state index in [4.69, 9.17) is 0 Å². The molecule has 2 aliphatic heterocycles. The number of fused-ring (bicyclic) bond motifs is 1. The fourth-order valence-corrected chi connectivity index (χ4v) is 4.93. The predicted octanol–water partition coefficient (Wildman–Crippen LogP) is 1.97. The second-order valence-corrected chi connectivity index (χ2v) is 8.32. The molecule has 1 aliphatic carbocycles. The van der Waals surface area contributed by atoms with Crippen molar-refractivity contribution in [2.75, 3.05) is 26.2 Å².